The summed E-state index contributed by atoms with van der Waals surface area (Å²) < 4.78 is 14.8. The minimum absolute atomic E-state index is 0.195. The van der Waals surface area contributed by atoms with E-state index < -0.39 is 6.17 Å². The summed E-state index contributed by atoms with van der Waals surface area (Å²) in [5.74, 6) is 0.768. The second-order valence-electron chi connectivity index (χ2n) is 6.75. The van der Waals surface area contributed by atoms with Gasteiger partial charge in [-0.1, -0.05) is 0 Å². The zero-order valence-corrected chi connectivity index (χ0v) is 14.5. The molecule has 7 nitrogen and oxygen atoms in total. The summed E-state index contributed by atoms with van der Waals surface area (Å²) in [4.78, 5) is 24.7. The lowest BCUT2D eigenvalue weighted by Gasteiger charge is -2.16. The highest BCUT2D eigenvalue weighted by Crippen LogP contribution is 2.28. The summed E-state index contributed by atoms with van der Waals surface area (Å²) in [6.45, 7) is 1.53. The molecule has 0 radical (unpaired) electrons. The highest BCUT2D eigenvalue weighted by atomic mass is 19.1. The van der Waals surface area contributed by atoms with Gasteiger partial charge in [0.25, 0.3) is 0 Å². The first kappa shape index (κ1) is 15.9. The summed E-state index contributed by atoms with van der Waals surface area (Å²) in [7, 11) is 0. The quantitative estimate of drug-likeness (QED) is 0.715. The first-order valence-corrected chi connectivity index (χ1v) is 8.85. The van der Waals surface area contributed by atoms with Crippen LogP contribution in [0, 0.1) is 0 Å². The van der Waals surface area contributed by atoms with Gasteiger partial charge in [0.05, 0.1) is 36.4 Å². The number of carbonyl (C=O) groups excluding carboxylic acids is 1. The van der Waals surface area contributed by atoms with Crippen LogP contribution in [0.1, 0.15) is 12.1 Å². The molecule has 5 heterocycles. The van der Waals surface area contributed by atoms with Crippen LogP contribution in [-0.4, -0.2) is 45.0 Å². The van der Waals surface area contributed by atoms with Crippen LogP contribution in [0.2, 0.25) is 0 Å². The molecule has 1 fully saturated rings. The summed E-state index contributed by atoms with van der Waals surface area (Å²) in [5.41, 5.74) is 3.10. The van der Waals surface area contributed by atoms with E-state index in [1.807, 2.05) is 29.2 Å². The topological polar surface area (TPSA) is 67.2 Å². The number of aromatic nitrogens is 4. The van der Waals surface area contributed by atoms with Crippen molar-refractivity contribution in [3.05, 3.63) is 54.6 Å². The molecule has 3 aromatic heterocycles. The molecule has 3 aromatic rings. The smallest absolute Gasteiger partial charge is 0.349 e. The lowest BCUT2D eigenvalue weighted by atomic mass is 10.2. The first-order chi connectivity index (χ1) is 13.2. The molecule has 1 amide bonds. The monoisotopic (exact) mass is 364 g/mol. The molecule has 0 aliphatic carbocycles. The predicted molar refractivity (Wildman–Crippen MR) is 98.4 cm³/mol. The van der Waals surface area contributed by atoms with Crippen molar-refractivity contribution in [2.24, 2.45) is 0 Å². The maximum absolute atomic E-state index is 13.4. The predicted octanol–water partition coefficient (Wildman–Crippen LogP) is 2.88. The Morgan fingerprint density at radius 2 is 2.11 bits per heavy atom. The maximum Gasteiger partial charge on any atom is 0.349 e. The zero-order chi connectivity index (χ0) is 18.4. The van der Waals surface area contributed by atoms with E-state index in [0.717, 1.165) is 22.8 Å². The van der Waals surface area contributed by atoms with Crippen LogP contribution in [0.3, 0.4) is 0 Å². The van der Waals surface area contributed by atoms with Crippen LogP contribution < -0.4 is 9.80 Å². The van der Waals surface area contributed by atoms with Gasteiger partial charge in [-0.3, -0.25) is 9.88 Å². The Morgan fingerprint density at radius 1 is 1.19 bits per heavy atom. The molecule has 8 heteroatoms. The van der Waals surface area contributed by atoms with Crippen LogP contribution in [-0.2, 0) is 6.54 Å². The SMILES string of the molecule is O=C1N(c2cccnc2)Cc2cc(-c3ccc(N4CC[C@@H](F)C4)nc3)nn21. The van der Waals surface area contributed by atoms with E-state index in [4.69, 9.17) is 0 Å². The summed E-state index contributed by atoms with van der Waals surface area (Å²) >= 11 is 0. The summed E-state index contributed by atoms with van der Waals surface area (Å²) in [6, 6.07) is 9.14. The van der Waals surface area contributed by atoms with Gasteiger partial charge in [-0.2, -0.15) is 9.78 Å². The van der Waals surface area contributed by atoms with Gasteiger partial charge < -0.3 is 4.90 Å². The second kappa shape index (κ2) is 6.15. The lowest BCUT2D eigenvalue weighted by molar-refractivity contribution is 0.248. The Balaban J connectivity index is 1.37. The highest BCUT2D eigenvalue weighted by Gasteiger charge is 2.30. The number of anilines is 2. The largest absolute Gasteiger partial charge is 0.354 e. The van der Waals surface area contributed by atoms with Crippen molar-refractivity contribution in [1.29, 1.82) is 0 Å². The van der Waals surface area contributed by atoms with E-state index in [2.05, 4.69) is 15.1 Å². The van der Waals surface area contributed by atoms with Crippen molar-refractivity contribution in [2.45, 2.75) is 19.1 Å². The third kappa shape index (κ3) is 2.73. The van der Waals surface area contributed by atoms with Gasteiger partial charge in [-0.25, -0.2) is 14.2 Å². The number of rotatable bonds is 3. The van der Waals surface area contributed by atoms with Gasteiger partial charge in [-0.15, -0.1) is 0 Å². The lowest BCUT2D eigenvalue weighted by Crippen LogP contribution is -2.26. The maximum atomic E-state index is 13.4. The molecule has 0 unspecified atom stereocenters. The first-order valence-electron chi connectivity index (χ1n) is 8.85. The fourth-order valence-corrected chi connectivity index (χ4v) is 3.55. The normalized spacial score (nSPS) is 19.0. The molecule has 2 aliphatic heterocycles. The van der Waals surface area contributed by atoms with E-state index in [9.17, 15) is 9.18 Å². The fraction of sp³-hybridized carbons (Fsp3) is 0.263. The average Bonchev–Trinajstić information content (AvgIpc) is 3.39. The van der Waals surface area contributed by atoms with Gasteiger partial charge in [-0.05, 0) is 36.8 Å². The van der Waals surface area contributed by atoms with Crippen molar-refractivity contribution in [3.8, 4) is 11.3 Å². The van der Waals surface area contributed by atoms with Crippen molar-refractivity contribution < 1.29 is 9.18 Å². The van der Waals surface area contributed by atoms with E-state index in [1.165, 1.54) is 4.68 Å². The van der Waals surface area contributed by atoms with Crippen molar-refractivity contribution in [3.63, 3.8) is 0 Å². The Morgan fingerprint density at radius 3 is 2.78 bits per heavy atom. The number of fused-ring (bicyclic) bond motifs is 1. The Bertz CT molecular complexity index is 987. The van der Waals surface area contributed by atoms with Gasteiger partial charge in [0.2, 0.25) is 0 Å². The molecule has 0 saturated carbocycles. The number of pyridine rings is 2. The number of carbonyl (C=O) groups is 1. The molecular weight excluding hydrogens is 347 g/mol. The van der Waals surface area contributed by atoms with E-state index in [-0.39, 0.29) is 6.03 Å². The number of hydrogen-bond donors (Lipinski definition) is 0. The third-order valence-electron chi connectivity index (χ3n) is 4.97. The number of amides is 1. The molecule has 27 heavy (non-hydrogen) atoms. The molecular formula is C19H17FN6O. The molecule has 0 bridgehead atoms. The molecule has 1 atom stereocenters. The molecule has 0 spiro atoms. The van der Waals surface area contributed by atoms with Crippen molar-refractivity contribution in [1.82, 2.24) is 19.7 Å². The van der Waals surface area contributed by atoms with Crippen LogP contribution >= 0.6 is 0 Å². The average molecular weight is 364 g/mol. The minimum Gasteiger partial charge on any atom is -0.354 e. The van der Waals surface area contributed by atoms with E-state index >= 15 is 0 Å². The number of nitrogens with zero attached hydrogens (tertiary/aromatic N) is 6. The highest BCUT2D eigenvalue weighted by molar-refractivity contribution is 5.96. The molecule has 1 saturated heterocycles. The van der Waals surface area contributed by atoms with Gasteiger partial charge in [0, 0.05) is 24.5 Å². The molecule has 0 aromatic carbocycles. The Kier molecular flexibility index (Phi) is 3.63. The summed E-state index contributed by atoms with van der Waals surface area (Å²) in [5, 5.41) is 4.45. The van der Waals surface area contributed by atoms with Gasteiger partial charge >= 0.3 is 6.03 Å². The van der Waals surface area contributed by atoms with E-state index in [1.54, 1.807) is 29.6 Å². The Labute approximate surface area is 155 Å². The number of halogens is 1. The van der Waals surface area contributed by atoms with Crippen LogP contribution in [0.25, 0.3) is 11.3 Å². The third-order valence-corrected chi connectivity index (χ3v) is 4.97. The van der Waals surface area contributed by atoms with Crippen LogP contribution in [0.15, 0.2) is 48.9 Å². The minimum atomic E-state index is -0.781. The molecule has 5 rings (SSSR count). The fourth-order valence-electron chi connectivity index (χ4n) is 3.55. The van der Waals surface area contributed by atoms with Crippen LogP contribution in [0.5, 0.6) is 0 Å². The standard InChI is InChI=1S/C19H17FN6O/c20-14-5-7-24(11-14)18-4-3-13(9-22-18)17-8-16-12-25(19(27)26(16)23-17)15-2-1-6-21-10-15/h1-4,6,8-10,14H,5,7,11-12H2/t14-/m1/s1. The second-order valence-corrected chi connectivity index (χ2v) is 6.75. The van der Waals surface area contributed by atoms with Gasteiger partial charge in [0.1, 0.15) is 12.0 Å². The number of alkyl halides is 1. The number of hydrogen-bond acceptors (Lipinski definition) is 5. The van der Waals surface area contributed by atoms with E-state index in [0.29, 0.717) is 31.7 Å². The molecule has 2 aliphatic rings. The molecule has 0 N–H and O–H groups in total. The Hall–Kier alpha value is -3.29. The van der Waals surface area contributed by atoms with Crippen molar-refractivity contribution in [2.75, 3.05) is 22.9 Å². The zero-order valence-electron chi connectivity index (χ0n) is 14.5. The van der Waals surface area contributed by atoms with Crippen LogP contribution in [0.4, 0.5) is 20.7 Å². The summed E-state index contributed by atoms with van der Waals surface area (Å²) in [6.07, 6.45) is 4.83. The van der Waals surface area contributed by atoms with Gasteiger partial charge in [0.15, 0.2) is 0 Å². The van der Waals surface area contributed by atoms with Crippen molar-refractivity contribution >= 4 is 17.5 Å². The molecule has 136 valence electrons.